The normalized spacial score (nSPS) is 21.2. The van der Waals surface area contributed by atoms with Crippen LogP contribution in [-0.4, -0.2) is 29.2 Å². The van der Waals surface area contributed by atoms with Gasteiger partial charge in [0.25, 0.3) is 0 Å². The number of nitrogens with zero attached hydrogens (tertiary/aromatic N) is 1. The predicted octanol–water partition coefficient (Wildman–Crippen LogP) is 3.22. The lowest BCUT2D eigenvalue weighted by molar-refractivity contribution is 0.111. The number of benzene rings is 1. The number of piperidine rings is 1. The van der Waals surface area contributed by atoms with Crippen LogP contribution in [0.2, 0.25) is 5.02 Å². The maximum absolute atomic E-state index is 13.9. The molecule has 0 saturated carbocycles. The molecule has 100 valence electrons. The monoisotopic (exact) mass is 271 g/mol. The van der Waals surface area contributed by atoms with Gasteiger partial charge in [0.05, 0.1) is 5.02 Å². The van der Waals surface area contributed by atoms with Crippen molar-refractivity contribution in [2.45, 2.75) is 38.3 Å². The van der Waals surface area contributed by atoms with E-state index in [2.05, 4.69) is 4.90 Å². The summed E-state index contributed by atoms with van der Waals surface area (Å²) >= 11 is 5.80. The summed E-state index contributed by atoms with van der Waals surface area (Å²) in [7, 11) is 0. The van der Waals surface area contributed by atoms with E-state index in [9.17, 15) is 4.39 Å². The second kappa shape index (κ2) is 6.50. The molecule has 2 rings (SSSR count). The molecule has 0 radical (unpaired) electrons. The fourth-order valence-electron chi connectivity index (χ4n) is 2.63. The lowest BCUT2D eigenvalue weighted by Gasteiger charge is -2.35. The van der Waals surface area contributed by atoms with Gasteiger partial charge >= 0.3 is 0 Å². The van der Waals surface area contributed by atoms with E-state index in [0.29, 0.717) is 18.2 Å². The Morgan fingerprint density at radius 3 is 3.00 bits per heavy atom. The van der Waals surface area contributed by atoms with Gasteiger partial charge in [-0.25, -0.2) is 4.39 Å². The van der Waals surface area contributed by atoms with Crippen molar-refractivity contribution in [3.63, 3.8) is 0 Å². The number of aliphatic hydroxyl groups is 1. The number of hydrogen-bond donors (Lipinski definition) is 1. The first-order valence-electron chi connectivity index (χ1n) is 6.50. The summed E-state index contributed by atoms with van der Waals surface area (Å²) in [5.74, 6) is -0.313. The Balaban J connectivity index is 2.08. The first-order valence-corrected chi connectivity index (χ1v) is 6.88. The van der Waals surface area contributed by atoms with Crippen LogP contribution in [0.1, 0.15) is 31.2 Å². The highest BCUT2D eigenvalue weighted by atomic mass is 35.5. The summed E-state index contributed by atoms with van der Waals surface area (Å²) in [4.78, 5) is 2.26. The van der Waals surface area contributed by atoms with E-state index in [1.54, 1.807) is 18.2 Å². The smallest absolute Gasteiger partial charge is 0.146 e. The van der Waals surface area contributed by atoms with E-state index < -0.39 is 0 Å². The van der Waals surface area contributed by atoms with Crippen LogP contribution in [0.15, 0.2) is 18.2 Å². The van der Waals surface area contributed by atoms with Crippen molar-refractivity contribution in [1.29, 1.82) is 0 Å². The molecule has 1 aliphatic rings. The molecule has 2 nitrogen and oxygen atoms in total. The third kappa shape index (κ3) is 3.22. The molecule has 1 aromatic carbocycles. The zero-order valence-corrected chi connectivity index (χ0v) is 11.2. The third-order valence-corrected chi connectivity index (χ3v) is 3.91. The van der Waals surface area contributed by atoms with Crippen molar-refractivity contribution < 1.29 is 9.50 Å². The SMILES string of the molecule is OCCC1CCCCN1Cc1cccc(Cl)c1F. The second-order valence-corrected chi connectivity index (χ2v) is 5.25. The van der Waals surface area contributed by atoms with Gasteiger partial charge in [0.2, 0.25) is 0 Å². The molecule has 0 bridgehead atoms. The van der Waals surface area contributed by atoms with Gasteiger partial charge in [0.15, 0.2) is 0 Å². The number of halogens is 2. The van der Waals surface area contributed by atoms with Crippen molar-refractivity contribution in [1.82, 2.24) is 4.90 Å². The Kier molecular flexibility index (Phi) is 4.98. The minimum absolute atomic E-state index is 0.184. The van der Waals surface area contributed by atoms with Crippen molar-refractivity contribution in [3.8, 4) is 0 Å². The van der Waals surface area contributed by atoms with Crippen LogP contribution < -0.4 is 0 Å². The van der Waals surface area contributed by atoms with Gasteiger partial charge in [-0.05, 0) is 31.9 Å². The Morgan fingerprint density at radius 1 is 1.39 bits per heavy atom. The largest absolute Gasteiger partial charge is 0.396 e. The van der Waals surface area contributed by atoms with Crippen LogP contribution in [0.4, 0.5) is 4.39 Å². The molecule has 18 heavy (non-hydrogen) atoms. The molecule has 0 aliphatic carbocycles. The number of likely N-dealkylation sites (tertiary alicyclic amines) is 1. The second-order valence-electron chi connectivity index (χ2n) is 4.85. The zero-order valence-electron chi connectivity index (χ0n) is 10.4. The number of hydrogen-bond acceptors (Lipinski definition) is 2. The Morgan fingerprint density at radius 2 is 2.22 bits per heavy atom. The molecule has 4 heteroatoms. The van der Waals surface area contributed by atoms with E-state index >= 15 is 0 Å². The minimum Gasteiger partial charge on any atom is -0.396 e. The first-order chi connectivity index (χ1) is 8.72. The summed E-state index contributed by atoms with van der Waals surface area (Å²) in [6.45, 7) is 1.74. The molecule has 1 fully saturated rings. The maximum atomic E-state index is 13.9. The number of aliphatic hydroxyl groups excluding tert-OH is 1. The van der Waals surface area contributed by atoms with Crippen LogP contribution in [-0.2, 0) is 6.54 Å². The van der Waals surface area contributed by atoms with Crippen LogP contribution in [0.25, 0.3) is 0 Å². The van der Waals surface area contributed by atoms with Gasteiger partial charge in [0, 0.05) is 24.8 Å². The molecular weight excluding hydrogens is 253 g/mol. The zero-order chi connectivity index (χ0) is 13.0. The van der Waals surface area contributed by atoms with Crippen LogP contribution in [0.5, 0.6) is 0 Å². The fraction of sp³-hybridized carbons (Fsp3) is 0.571. The Bertz CT molecular complexity index is 397. The average molecular weight is 272 g/mol. The van der Waals surface area contributed by atoms with E-state index in [4.69, 9.17) is 16.7 Å². The Labute approximate surface area is 112 Å². The van der Waals surface area contributed by atoms with Crippen molar-refractivity contribution in [2.75, 3.05) is 13.2 Å². The highest BCUT2D eigenvalue weighted by Crippen LogP contribution is 2.24. The molecule has 1 N–H and O–H groups in total. The molecule has 1 aromatic rings. The molecule has 1 unspecified atom stereocenters. The summed E-state index contributed by atoms with van der Waals surface area (Å²) in [5, 5.41) is 9.26. The average Bonchev–Trinajstić information content (AvgIpc) is 2.37. The van der Waals surface area contributed by atoms with Crippen molar-refractivity contribution in [2.24, 2.45) is 0 Å². The molecule has 1 heterocycles. The molecule has 1 aliphatic heterocycles. The summed E-state index contributed by atoms with van der Waals surface area (Å²) in [5.41, 5.74) is 0.646. The summed E-state index contributed by atoms with van der Waals surface area (Å²) < 4.78 is 13.9. The molecular formula is C14H19ClFNO. The summed E-state index contributed by atoms with van der Waals surface area (Å²) in [6, 6.07) is 5.50. The van der Waals surface area contributed by atoms with Gasteiger partial charge in [-0.2, -0.15) is 0 Å². The van der Waals surface area contributed by atoms with Gasteiger partial charge in [0.1, 0.15) is 5.82 Å². The maximum Gasteiger partial charge on any atom is 0.146 e. The van der Waals surface area contributed by atoms with E-state index in [-0.39, 0.29) is 17.4 Å². The highest BCUT2D eigenvalue weighted by Gasteiger charge is 2.23. The molecule has 1 atom stereocenters. The Hall–Kier alpha value is -0.640. The van der Waals surface area contributed by atoms with Gasteiger partial charge in [-0.1, -0.05) is 30.2 Å². The molecule has 1 saturated heterocycles. The number of rotatable bonds is 4. The topological polar surface area (TPSA) is 23.5 Å². The fourth-order valence-corrected chi connectivity index (χ4v) is 2.83. The molecule has 0 spiro atoms. The molecule has 0 aromatic heterocycles. The van der Waals surface area contributed by atoms with E-state index in [0.717, 1.165) is 25.8 Å². The van der Waals surface area contributed by atoms with Crippen LogP contribution in [0, 0.1) is 5.82 Å². The standard InChI is InChI=1S/C14H19ClFNO/c15-13-6-3-4-11(14(13)16)10-17-8-2-1-5-12(17)7-9-18/h3-4,6,12,18H,1-2,5,7-10H2. The lowest BCUT2D eigenvalue weighted by atomic mass is 9.99. The molecule has 0 amide bonds. The van der Waals surface area contributed by atoms with Gasteiger partial charge in [-0.3, -0.25) is 4.90 Å². The third-order valence-electron chi connectivity index (χ3n) is 3.62. The summed E-state index contributed by atoms with van der Waals surface area (Å²) in [6.07, 6.45) is 4.19. The first kappa shape index (κ1) is 13.8. The lowest BCUT2D eigenvalue weighted by Crippen LogP contribution is -2.39. The minimum atomic E-state index is -0.313. The van der Waals surface area contributed by atoms with Gasteiger partial charge in [-0.15, -0.1) is 0 Å². The van der Waals surface area contributed by atoms with Gasteiger partial charge < -0.3 is 5.11 Å². The quantitative estimate of drug-likeness (QED) is 0.909. The van der Waals surface area contributed by atoms with Crippen molar-refractivity contribution in [3.05, 3.63) is 34.6 Å². The van der Waals surface area contributed by atoms with E-state index in [1.165, 1.54) is 6.42 Å². The predicted molar refractivity (Wildman–Crippen MR) is 71.2 cm³/mol. The van der Waals surface area contributed by atoms with Crippen LogP contribution in [0.3, 0.4) is 0 Å². The van der Waals surface area contributed by atoms with E-state index in [1.807, 2.05) is 0 Å². The van der Waals surface area contributed by atoms with Crippen LogP contribution >= 0.6 is 11.6 Å². The van der Waals surface area contributed by atoms with Crippen molar-refractivity contribution >= 4 is 11.6 Å². The highest BCUT2D eigenvalue weighted by molar-refractivity contribution is 6.30.